The van der Waals surface area contributed by atoms with E-state index in [9.17, 15) is 9.18 Å². The number of carbonyl (C=O) groups excluding carboxylic acids is 1. The van der Waals surface area contributed by atoms with E-state index in [0.29, 0.717) is 0 Å². The van der Waals surface area contributed by atoms with Gasteiger partial charge >= 0.3 is 0 Å². The van der Waals surface area contributed by atoms with E-state index in [1.54, 1.807) is 0 Å². The van der Waals surface area contributed by atoms with Gasteiger partial charge in [0.2, 0.25) is 0 Å². The van der Waals surface area contributed by atoms with Gasteiger partial charge in [0.25, 0.3) is 5.91 Å². The van der Waals surface area contributed by atoms with Crippen molar-refractivity contribution in [3.63, 3.8) is 0 Å². The van der Waals surface area contributed by atoms with Gasteiger partial charge in [-0.05, 0) is 16.5 Å². The van der Waals surface area contributed by atoms with Crippen LogP contribution < -0.4 is 5.73 Å². The van der Waals surface area contributed by atoms with Gasteiger partial charge in [-0.2, -0.15) is 4.68 Å². The molecule has 0 radical (unpaired) electrons. The molecule has 1 amide bonds. The molecule has 0 atom stereocenters. The van der Waals surface area contributed by atoms with Crippen molar-refractivity contribution in [2.75, 3.05) is 0 Å². The molecule has 2 N–H and O–H groups in total. The molecule has 1 heterocycles. The molecule has 1 aromatic heterocycles. The zero-order chi connectivity index (χ0) is 11.7. The minimum Gasteiger partial charge on any atom is -0.366 e. The molecule has 0 spiro atoms. The summed E-state index contributed by atoms with van der Waals surface area (Å²) >= 11 is 5.55. The summed E-state index contributed by atoms with van der Waals surface area (Å²) in [5.74, 6) is -1.43. The second-order valence-corrected chi connectivity index (χ2v) is 3.31. The van der Waals surface area contributed by atoms with Crippen molar-refractivity contribution in [1.29, 1.82) is 0 Å². The highest BCUT2D eigenvalue weighted by atomic mass is 35.5. The smallest absolute Gasteiger partial charge is 0.250 e. The predicted molar refractivity (Wildman–Crippen MR) is 52.6 cm³/mol. The zero-order valence-electron chi connectivity index (χ0n) is 7.76. The van der Waals surface area contributed by atoms with E-state index in [1.807, 2.05) is 0 Å². The van der Waals surface area contributed by atoms with Crippen molar-refractivity contribution in [2.24, 2.45) is 5.73 Å². The average Bonchev–Trinajstić information content (AvgIpc) is 2.74. The first kappa shape index (κ1) is 10.5. The number of carbonyl (C=O) groups is 1. The number of nitrogens with two attached hydrogens (primary N) is 1. The van der Waals surface area contributed by atoms with Gasteiger partial charge in [-0.15, -0.1) is 5.10 Å². The molecule has 0 unspecified atom stereocenters. The van der Waals surface area contributed by atoms with Crippen LogP contribution in [-0.2, 0) is 0 Å². The molecule has 2 aromatic rings. The summed E-state index contributed by atoms with van der Waals surface area (Å²) in [5.41, 5.74) is 5.32. The number of hydrogen-bond acceptors (Lipinski definition) is 4. The Labute approximate surface area is 93.8 Å². The molecule has 0 bridgehead atoms. The summed E-state index contributed by atoms with van der Waals surface area (Å²) in [4.78, 5) is 11.1. The molecule has 0 fully saturated rings. The van der Waals surface area contributed by atoms with Gasteiger partial charge in [0.05, 0.1) is 16.3 Å². The fourth-order valence-corrected chi connectivity index (χ4v) is 1.36. The SMILES string of the molecule is NC(=O)c1cc(Cl)c(F)cc1-n1cnnn1. The highest BCUT2D eigenvalue weighted by molar-refractivity contribution is 6.31. The molecule has 6 nitrogen and oxygen atoms in total. The van der Waals surface area contributed by atoms with E-state index in [4.69, 9.17) is 17.3 Å². The van der Waals surface area contributed by atoms with Crippen LogP contribution in [0.15, 0.2) is 18.5 Å². The number of hydrogen-bond donors (Lipinski definition) is 1. The highest BCUT2D eigenvalue weighted by Crippen LogP contribution is 2.22. The predicted octanol–water partition coefficient (Wildman–Crippen LogP) is 0.554. The van der Waals surface area contributed by atoms with E-state index in [-0.39, 0.29) is 16.3 Å². The minimum absolute atomic E-state index is 0.0405. The zero-order valence-corrected chi connectivity index (χ0v) is 8.52. The minimum atomic E-state index is -0.743. The Morgan fingerprint density at radius 1 is 1.50 bits per heavy atom. The van der Waals surface area contributed by atoms with Crippen molar-refractivity contribution >= 4 is 17.5 Å². The first-order valence-corrected chi connectivity index (χ1v) is 4.49. The summed E-state index contributed by atoms with van der Waals surface area (Å²) in [6, 6.07) is 2.18. The van der Waals surface area contributed by atoms with Crippen molar-refractivity contribution in [1.82, 2.24) is 20.2 Å². The van der Waals surface area contributed by atoms with Crippen LogP contribution >= 0.6 is 11.6 Å². The molecular weight excluding hydrogens is 237 g/mol. The van der Waals surface area contributed by atoms with E-state index < -0.39 is 11.7 Å². The quantitative estimate of drug-likeness (QED) is 0.832. The van der Waals surface area contributed by atoms with E-state index >= 15 is 0 Å². The van der Waals surface area contributed by atoms with Crippen LogP contribution in [0, 0.1) is 5.82 Å². The largest absolute Gasteiger partial charge is 0.366 e. The molecule has 1 aromatic carbocycles. The van der Waals surface area contributed by atoms with Crippen molar-refractivity contribution in [2.45, 2.75) is 0 Å². The van der Waals surface area contributed by atoms with Crippen LogP contribution in [-0.4, -0.2) is 26.1 Å². The summed E-state index contributed by atoms with van der Waals surface area (Å²) in [7, 11) is 0. The number of amides is 1. The maximum Gasteiger partial charge on any atom is 0.250 e. The maximum absolute atomic E-state index is 13.2. The van der Waals surface area contributed by atoms with Crippen LogP contribution in [0.25, 0.3) is 5.69 Å². The average molecular weight is 242 g/mol. The third kappa shape index (κ3) is 1.72. The van der Waals surface area contributed by atoms with Crippen LogP contribution in [0.3, 0.4) is 0 Å². The first-order valence-electron chi connectivity index (χ1n) is 4.12. The Bertz CT molecular complexity index is 542. The standard InChI is InChI=1S/C8H5ClFN5O/c9-5-1-4(8(11)16)7(2-6(5)10)15-3-12-13-14-15/h1-3H,(H2,11,16). The van der Waals surface area contributed by atoms with E-state index in [1.165, 1.54) is 6.33 Å². The van der Waals surface area contributed by atoms with Crippen LogP contribution in [0.2, 0.25) is 5.02 Å². The van der Waals surface area contributed by atoms with Crippen LogP contribution in [0.4, 0.5) is 4.39 Å². The monoisotopic (exact) mass is 241 g/mol. The normalized spacial score (nSPS) is 10.4. The molecule has 0 saturated heterocycles. The van der Waals surface area contributed by atoms with E-state index in [0.717, 1.165) is 16.8 Å². The molecule has 82 valence electrons. The van der Waals surface area contributed by atoms with Gasteiger partial charge in [-0.1, -0.05) is 11.6 Å². The van der Waals surface area contributed by atoms with E-state index in [2.05, 4.69) is 15.5 Å². The Morgan fingerprint density at radius 3 is 2.81 bits per heavy atom. The maximum atomic E-state index is 13.2. The summed E-state index contributed by atoms with van der Waals surface area (Å²) < 4.78 is 14.4. The summed E-state index contributed by atoms with van der Waals surface area (Å²) in [5, 5.41) is 10.1. The molecule has 0 aliphatic carbocycles. The summed E-state index contributed by atoms with van der Waals surface area (Å²) in [6.45, 7) is 0. The van der Waals surface area contributed by atoms with Crippen molar-refractivity contribution in [3.05, 3.63) is 34.9 Å². The Kier molecular flexibility index (Phi) is 2.53. The van der Waals surface area contributed by atoms with Gasteiger partial charge in [-0.25, -0.2) is 4.39 Å². The van der Waals surface area contributed by atoms with Gasteiger partial charge in [0.1, 0.15) is 12.1 Å². The molecule has 0 aliphatic rings. The number of primary amides is 1. The number of benzene rings is 1. The number of rotatable bonds is 2. The first-order chi connectivity index (χ1) is 7.59. The molecule has 8 heteroatoms. The van der Waals surface area contributed by atoms with Crippen LogP contribution in [0.5, 0.6) is 0 Å². The molecule has 2 rings (SSSR count). The van der Waals surface area contributed by atoms with Gasteiger partial charge in [0, 0.05) is 6.07 Å². The fourth-order valence-electron chi connectivity index (χ4n) is 1.19. The second kappa shape index (κ2) is 3.86. The number of nitrogens with zero attached hydrogens (tertiary/aromatic N) is 4. The molecule has 0 aliphatic heterocycles. The van der Waals surface area contributed by atoms with Gasteiger partial charge in [0.15, 0.2) is 0 Å². The van der Waals surface area contributed by atoms with Crippen LogP contribution in [0.1, 0.15) is 10.4 Å². The molecular formula is C8H5ClFN5O. The Balaban J connectivity index is 2.68. The topological polar surface area (TPSA) is 86.7 Å². The number of halogens is 2. The number of aromatic nitrogens is 4. The second-order valence-electron chi connectivity index (χ2n) is 2.90. The Hall–Kier alpha value is -2.02. The van der Waals surface area contributed by atoms with Gasteiger partial charge < -0.3 is 5.73 Å². The lowest BCUT2D eigenvalue weighted by Gasteiger charge is -2.06. The van der Waals surface area contributed by atoms with Gasteiger partial charge in [-0.3, -0.25) is 4.79 Å². The third-order valence-electron chi connectivity index (χ3n) is 1.90. The third-order valence-corrected chi connectivity index (χ3v) is 2.19. The summed E-state index contributed by atoms with van der Waals surface area (Å²) in [6.07, 6.45) is 1.22. The highest BCUT2D eigenvalue weighted by Gasteiger charge is 2.15. The van der Waals surface area contributed by atoms with Crippen molar-refractivity contribution < 1.29 is 9.18 Å². The molecule has 16 heavy (non-hydrogen) atoms. The lowest BCUT2D eigenvalue weighted by Crippen LogP contribution is -2.15. The molecule has 0 saturated carbocycles. The number of tetrazole rings is 1. The Morgan fingerprint density at radius 2 is 2.25 bits per heavy atom. The fraction of sp³-hybridized carbons (Fsp3) is 0. The lowest BCUT2D eigenvalue weighted by molar-refractivity contribution is 0.1000. The lowest BCUT2D eigenvalue weighted by atomic mass is 10.1. The van der Waals surface area contributed by atoms with Crippen molar-refractivity contribution in [3.8, 4) is 5.69 Å².